The van der Waals surface area contributed by atoms with E-state index < -0.39 is 27.8 Å². The lowest BCUT2D eigenvalue weighted by Gasteiger charge is -2.28. The van der Waals surface area contributed by atoms with Gasteiger partial charge in [-0.15, -0.1) is 0 Å². The summed E-state index contributed by atoms with van der Waals surface area (Å²) in [5.41, 5.74) is 1.22. The molecular formula is C23H29ClN2O4S. The minimum atomic E-state index is -3.60. The molecule has 1 N–H and O–H groups in total. The van der Waals surface area contributed by atoms with Crippen LogP contribution >= 0.6 is 11.6 Å². The van der Waals surface area contributed by atoms with Gasteiger partial charge in [-0.2, -0.15) is 4.31 Å². The van der Waals surface area contributed by atoms with E-state index in [9.17, 15) is 13.2 Å². The van der Waals surface area contributed by atoms with E-state index in [0.717, 1.165) is 11.1 Å². The largest absolute Gasteiger partial charge is 0.444 e. The van der Waals surface area contributed by atoms with E-state index in [4.69, 9.17) is 16.3 Å². The van der Waals surface area contributed by atoms with E-state index in [1.165, 1.54) is 4.31 Å². The van der Waals surface area contributed by atoms with Crippen molar-refractivity contribution in [3.05, 3.63) is 64.7 Å². The Hall–Kier alpha value is -2.09. The number of halogens is 1. The van der Waals surface area contributed by atoms with Gasteiger partial charge in [0.2, 0.25) is 10.0 Å². The third-order valence-electron chi connectivity index (χ3n) is 5.22. The van der Waals surface area contributed by atoms with Crippen LogP contribution in [0, 0.1) is 12.8 Å². The van der Waals surface area contributed by atoms with Gasteiger partial charge in [-0.1, -0.05) is 41.4 Å². The SMILES string of the molecule is Cc1ccc(S(=O)(=O)N2CC[C@@H]([C@@H](NC(=O)OC(C)(C)C)c3ccc(Cl)cc3)C2)cc1. The van der Waals surface area contributed by atoms with E-state index >= 15 is 0 Å². The molecule has 2 aromatic rings. The summed E-state index contributed by atoms with van der Waals surface area (Å²) >= 11 is 6.03. The lowest BCUT2D eigenvalue weighted by molar-refractivity contribution is 0.0486. The number of sulfonamides is 1. The molecule has 2 atom stereocenters. The first-order chi connectivity index (χ1) is 14.5. The van der Waals surface area contributed by atoms with Gasteiger partial charge in [0.05, 0.1) is 10.9 Å². The Morgan fingerprint density at radius 3 is 2.32 bits per heavy atom. The number of carbonyl (C=O) groups excluding carboxylic acids is 1. The Kier molecular flexibility index (Phi) is 6.98. The third kappa shape index (κ3) is 5.99. The Bertz CT molecular complexity index is 1020. The molecule has 1 heterocycles. The van der Waals surface area contributed by atoms with E-state index in [0.29, 0.717) is 24.5 Å². The molecule has 3 rings (SSSR count). The normalized spacial score (nSPS) is 18.5. The molecule has 0 saturated carbocycles. The van der Waals surface area contributed by atoms with E-state index in [1.54, 1.807) is 57.2 Å². The summed E-state index contributed by atoms with van der Waals surface area (Å²) in [5.74, 6) is -0.103. The van der Waals surface area contributed by atoms with Gasteiger partial charge >= 0.3 is 6.09 Å². The summed E-state index contributed by atoms with van der Waals surface area (Å²) in [7, 11) is -3.60. The zero-order valence-corrected chi connectivity index (χ0v) is 19.8. The monoisotopic (exact) mass is 464 g/mol. The molecule has 1 saturated heterocycles. The van der Waals surface area contributed by atoms with E-state index in [2.05, 4.69) is 5.32 Å². The maximum atomic E-state index is 13.1. The van der Waals surface area contributed by atoms with Crippen LogP contribution in [-0.2, 0) is 14.8 Å². The molecule has 0 aliphatic carbocycles. The summed E-state index contributed by atoms with van der Waals surface area (Å²) in [4.78, 5) is 12.8. The van der Waals surface area contributed by atoms with Gasteiger partial charge in [0.1, 0.15) is 5.60 Å². The first kappa shape index (κ1) is 23.6. The maximum Gasteiger partial charge on any atom is 0.408 e. The number of amides is 1. The van der Waals surface area contributed by atoms with Crippen molar-refractivity contribution < 1.29 is 17.9 Å². The van der Waals surface area contributed by atoms with Gasteiger partial charge < -0.3 is 10.1 Å². The fourth-order valence-electron chi connectivity index (χ4n) is 3.68. The summed E-state index contributed by atoms with van der Waals surface area (Å²) in [6.45, 7) is 8.02. The lowest BCUT2D eigenvalue weighted by Crippen LogP contribution is -2.39. The Morgan fingerprint density at radius 1 is 1.13 bits per heavy atom. The van der Waals surface area contributed by atoms with Gasteiger partial charge in [0.15, 0.2) is 0 Å². The topological polar surface area (TPSA) is 75.7 Å². The summed E-state index contributed by atoms with van der Waals surface area (Å²) in [5, 5.41) is 3.54. The lowest BCUT2D eigenvalue weighted by atomic mass is 9.92. The molecule has 0 unspecified atom stereocenters. The highest BCUT2D eigenvalue weighted by Gasteiger charge is 2.38. The molecule has 6 nitrogen and oxygen atoms in total. The summed E-state index contributed by atoms with van der Waals surface area (Å²) in [6, 6.07) is 13.7. The van der Waals surface area contributed by atoms with Crippen LogP contribution in [0.4, 0.5) is 4.79 Å². The van der Waals surface area contributed by atoms with Crippen molar-refractivity contribution in [3.8, 4) is 0 Å². The molecular weight excluding hydrogens is 436 g/mol. The minimum Gasteiger partial charge on any atom is -0.444 e. The summed E-state index contributed by atoms with van der Waals surface area (Å²) < 4.78 is 33.1. The number of aryl methyl sites for hydroxylation is 1. The van der Waals surface area contributed by atoms with Gasteiger partial charge in [0, 0.05) is 18.1 Å². The van der Waals surface area contributed by atoms with Gasteiger partial charge in [-0.3, -0.25) is 0 Å². The van der Waals surface area contributed by atoms with Crippen molar-refractivity contribution >= 4 is 27.7 Å². The van der Waals surface area contributed by atoms with Crippen molar-refractivity contribution in [2.24, 2.45) is 5.92 Å². The molecule has 2 aromatic carbocycles. The number of benzene rings is 2. The molecule has 168 valence electrons. The number of nitrogens with one attached hydrogen (secondary N) is 1. The average Bonchev–Trinajstić information content (AvgIpc) is 3.17. The van der Waals surface area contributed by atoms with Crippen molar-refractivity contribution in [2.45, 2.75) is 50.7 Å². The van der Waals surface area contributed by atoms with Crippen LogP contribution in [-0.4, -0.2) is 37.5 Å². The van der Waals surface area contributed by atoms with Crippen LogP contribution in [0.5, 0.6) is 0 Å². The highest BCUT2D eigenvalue weighted by Crippen LogP contribution is 2.34. The Morgan fingerprint density at radius 2 is 1.74 bits per heavy atom. The number of carbonyl (C=O) groups is 1. The number of hydrogen-bond donors (Lipinski definition) is 1. The van der Waals surface area contributed by atoms with Crippen LogP contribution in [0.1, 0.15) is 44.4 Å². The zero-order chi connectivity index (χ0) is 22.8. The highest BCUT2D eigenvalue weighted by atomic mass is 35.5. The smallest absolute Gasteiger partial charge is 0.408 e. The predicted molar refractivity (Wildman–Crippen MR) is 122 cm³/mol. The third-order valence-corrected chi connectivity index (χ3v) is 7.35. The molecule has 0 bridgehead atoms. The fourth-order valence-corrected chi connectivity index (χ4v) is 5.32. The predicted octanol–water partition coefficient (Wildman–Crippen LogP) is 4.93. The average molecular weight is 465 g/mol. The fraction of sp³-hybridized carbons (Fsp3) is 0.435. The van der Waals surface area contributed by atoms with Gasteiger partial charge in [-0.25, -0.2) is 13.2 Å². The zero-order valence-electron chi connectivity index (χ0n) is 18.3. The molecule has 8 heteroatoms. The molecule has 1 fully saturated rings. The second-order valence-corrected chi connectivity index (χ2v) is 11.3. The van der Waals surface area contributed by atoms with E-state index in [-0.39, 0.29) is 10.8 Å². The van der Waals surface area contributed by atoms with Gasteiger partial charge in [-0.05, 0) is 69.9 Å². The first-order valence-electron chi connectivity index (χ1n) is 10.3. The van der Waals surface area contributed by atoms with Gasteiger partial charge in [0.25, 0.3) is 0 Å². The van der Waals surface area contributed by atoms with Crippen LogP contribution in [0.2, 0.25) is 5.02 Å². The van der Waals surface area contributed by atoms with E-state index in [1.807, 2.05) is 19.1 Å². The number of rotatable bonds is 5. The second-order valence-electron chi connectivity index (χ2n) is 8.90. The van der Waals surface area contributed by atoms with Crippen LogP contribution < -0.4 is 5.32 Å². The van der Waals surface area contributed by atoms with Crippen LogP contribution in [0.25, 0.3) is 0 Å². The number of nitrogens with zero attached hydrogens (tertiary/aromatic N) is 1. The standard InChI is InChI=1S/C23H29ClN2O4S/c1-16-5-11-20(12-6-16)31(28,29)26-14-13-18(15-26)21(17-7-9-19(24)10-8-17)25-22(27)30-23(2,3)4/h5-12,18,21H,13-15H2,1-4H3,(H,25,27)/t18-,21+/m1/s1. The molecule has 31 heavy (non-hydrogen) atoms. The van der Waals surface area contributed by atoms with Crippen molar-refractivity contribution in [3.63, 3.8) is 0 Å². The van der Waals surface area contributed by atoms with Crippen LogP contribution in [0.15, 0.2) is 53.4 Å². The molecule has 1 aliphatic heterocycles. The molecule has 0 radical (unpaired) electrons. The van der Waals surface area contributed by atoms with Crippen LogP contribution in [0.3, 0.4) is 0 Å². The molecule has 0 aromatic heterocycles. The van der Waals surface area contributed by atoms with Crippen molar-refractivity contribution in [1.82, 2.24) is 9.62 Å². The molecule has 1 aliphatic rings. The molecule has 1 amide bonds. The Labute approximate surface area is 189 Å². The highest BCUT2D eigenvalue weighted by molar-refractivity contribution is 7.89. The van der Waals surface area contributed by atoms with Crippen molar-refractivity contribution in [2.75, 3.05) is 13.1 Å². The minimum absolute atomic E-state index is 0.103. The number of alkyl carbamates (subject to hydrolysis) is 1. The quantitative estimate of drug-likeness (QED) is 0.681. The number of hydrogen-bond acceptors (Lipinski definition) is 4. The maximum absolute atomic E-state index is 13.1. The molecule has 0 spiro atoms. The summed E-state index contributed by atoms with van der Waals surface area (Å²) in [6.07, 6.45) is 0.0843. The van der Waals surface area contributed by atoms with Crippen molar-refractivity contribution in [1.29, 1.82) is 0 Å². The number of ether oxygens (including phenoxy) is 1. The Balaban J connectivity index is 1.82. The second kappa shape index (κ2) is 9.18. The first-order valence-corrected chi connectivity index (χ1v) is 12.1.